The molecule has 0 atom stereocenters. The summed E-state index contributed by atoms with van der Waals surface area (Å²) in [6.07, 6.45) is 5.71. The molecule has 0 radical (unpaired) electrons. The molecule has 1 aliphatic rings. The van der Waals surface area contributed by atoms with E-state index in [1.165, 1.54) is 11.3 Å². The summed E-state index contributed by atoms with van der Waals surface area (Å²) in [6, 6.07) is 12.2. The van der Waals surface area contributed by atoms with Crippen LogP contribution in [0.5, 0.6) is 0 Å². The fourth-order valence-corrected chi connectivity index (χ4v) is 2.13. The lowest BCUT2D eigenvalue weighted by Crippen LogP contribution is -2.24. The maximum Gasteiger partial charge on any atom is 0.146 e. The first-order valence-electron chi connectivity index (χ1n) is 5.86. The van der Waals surface area contributed by atoms with Crippen molar-refractivity contribution >= 4 is 11.9 Å². The van der Waals surface area contributed by atoms with Crippen LogP contribution in [0.15, 0.2) is 52.2 Å². The molecule has 17 heavy (non-hydrogen) atoms. The number of rotatable bonds is 2. The molecule has 0 amide bonds. The first-order chi connectivity index (χ1) is 8.43. The minimum atomic E-state index is 0.785. The van der Waals surface area contributed by atoms with Gasteiger partial charge in [0.25, 0.3) is 0 Å². The molecule has 0 fully saturated rings. The van der Waals surface area contributed by atoms with Gasteiger partial charge < -0.3 is 4.42 Å². The van der Waals surface area contributed by atoms with Crippen molar-refractivity contribution in [3.05, 3.63) is 54.0 Å². The number of fused-ring (bicyclic) bond motifs is 1. The zero-order chi connectivity index (χ0) is 11.5. The van der Waals surface area contributed by atoms with Gasteiger partial charge in [-0.05, 0) is 36.6 Å². The molecule has 86 valence electrons. The molecule has 0 saturated heterocycles. The minimum Gasteiger partial charge on any atom is -0.463 e. The lowest BCUT2D eigenvalue weighted by atomic mass is 10.0. The SMILES string of the molecule is C(=NN1CCCc2ccccc21)c1ccco1. The molecule has 3 rings (SSSR count). The maximum atomic E-state index is 5.24. The van der Waals surface area contributed by atoms with Gasteiger partial charge in [-0.1, -0.05) is 18.2 Å². The second-order valence-corrected chi connectivity index (χ2v) is 4.12. The Morgan fingerprint density at radius 2 is 2.12 bits per heavy atom. The molecule has 2 heterocycles. The van der Waals surface area contributed by atoms with Crippen LogP contribution in [0.2, 0.25) is 0 Å². The van der Waals surface area contributed by atoms with E-state index in [0.717, 1.165) is 25.1 Å². The Hall–Kier alpha value is -2.03. The number of hydrogen-bond donors (Lipinski definition) is 0. The summed E-state index contributed by atoms with van der Waals surface area (Å²) in [5.41, 5.74) is 2.58. The molecule has 3 heteroatoms. The number of anilines is 1. The van der Waals surface area contributed by atoms with E-state index in [9.17, 15) is 0 Å². The monoisotopic (exact) mass is 226 g/mol. The third-order valence-electron chi connectivity index (χ3n) is 2.95. The quantitative estimate of drug-likeness (QED) is 0.736. The molecule has 1 aliphatic heterocycles. The predicted molar refractivity (Wildman–Crippen MR) is 68.4 cm³/mol. The van der Waals surface area contributed by atoms with Crippen LogP contribution in [-0.4, -0.2) is 12.8 Å². The van der Waals surface area contributed by atoms with Crippen molar-refractivity contribution in [2.45, 2.75) is 12.8 Å². The van der Waals surface area contributed by atoms with Gasteiger partial charge >= 0.3 is 0 Å². The first-order valence-corrected chi connectivity index (χ1v) is 5.86. The van der Waals surface area contributed by atoms with Gasteiger partial charge in [0.1, 0.15) is 5.76 Å². The first kappa shape index (κ1) is 10.1. The summed E-state index contributed by atoms with van der Waals surface area (Å²) in [5.74, 6) is 0.785. The lowest BCUT2D eigenvalue weighted by molar-refractivity contribution is 0.559. The van der Waals surface area contributed by atoms with Gasteiger partial charge in [-0.15, -0.1) is 0 Å². The number of hydrogen-bond acceptors (Lipinski definition) is 3. The second kappa shape index (κ2) is 4.45. The highest BCUT2D eigenvalue weighted by atomic mass is 16.3. The summed E-state index contributed by atoms with van der Waals surface area (Å²) in [5, 5.41) is 6.52. The fourth-order valence-electron chi connectivity index (χ4n) is 2.13. The van der Waals surface area contributed by atoms with Crippen molar-refractivity contribution in [2.24, 2.45) is 5.10 Å². The molecular weight excluding hydrogens is 212 g/mol. The van der Waals surface area contributed by atoms with Crippen molar-refractivity contribution < 1.29 is 4.42 Å². The highest BCUT2D eigenvalue weighted by Gasteiger charge is 2.14. The standard InChI is InChI=1S/C14H14N2O/c1-2-8-14-12(5-1)6-3-9-16(14)15-11-13-7-4-10-17-13/h1-2,4-5,7-8,10-11H,3,6,9H2. The van der Waals surface area contributed by atoms with E-state index in [1.54, 1.807) is 12.5 Å². The maximum absolute atomic E-state index is 5.24. The fraction of sp³-hybridized carbons (Fsp3) is 0.214. The van der Waals surface area contributed by atoms with Gasteiger partial charge in [0.15, 0.2) is 0 Å². The topological polar surface area (TPSA) is 28.7 Å². The van der Waals surface area contributed by atoms with E-state index in [-0.39, 0.29) is 0 Å². The van der Waals surface area contributed by atoms with Gasteiger partial charge in [0.2, 0.25) is 0 Å². The Morgan fingerprint density at radius 1 is 1.18 bits per heavy atom. The van der Waals surface area contributed by atoms with Gasteiger partial charge in [-0.2, -0.15) is 5.10 Å². The highest BCUT2D eigenvalue weighted by molar-refractivity contribution is 5.77. The molecule has 1 aromatic carbocycles. The van der Waals surface area contributed by atoms with E-state index in [1.807, 2.05) is 17.1 Å². The van der Waals surface area contributed by atoms with Gasteiger partial charge in [0, 0.05) is 6.54 Å². The lowest BCUT2D eigenvalue weighted by Gasteiger charge is -2.26. The number of nitrogens with zero attached hydrogens (tertiary/aromatic N) is 2. The molecule has 0 unspecified atom stereocenters. The molecule has 0 spiro atoms. The number of aryl methyl sites for hydroxylation is 1. The Morgan fingerprint density at radius 3 is 3.00 bits per heavy atom. The summed E-state index contributed by atoms with van der Waals surface area (Å²) < 4.78 is 5.24. The third-order valence-corrected chi connectivity index (χ3v) is 2.95. The smallest absolute Gasteiger partial charge is 0.146 e. The molecule has 0 aliphatic carbocycles. The van der Waals surface area contributed by atoms with E-state index in [0.29, 0.717) is 0 Å². The Bertz CT molecular complexity index is 517. The zero-order valence-electron chi connectivity index (χ0n) is 9.54. The normalized spacial score (nSPS) is 15.2. The molecule has 3 nitrogen and oxygen atoms in total. The predicted octanol–water partition coefficient (Wildman–Crippen LogP) is 3.07. The summed E-state index contributed by atoms with van der Waals surface area (Å²) in [4.78, 5) is 0. The van der Waals surface area contributed by atoms with Crippen LogP contribution in [0.1, 0.15) is 17.7 Å². The van der Waals surface area contributed by atoms with Crippen molar-refractivity contribution in [1.29, 1.82) is 0 Å². The molecule has 0 N–H and O–H groups in total. The van der Waals surface area contributed by atoms with E-state index in [2.05, 4.69) is 29.4 Å². The van der Waals surface area contributed by atoms with Gasteiger partial charge in [-0.25, -0.2) is 0 Å². The average molecular weight is 226 g/mol. The van der Waals surface area contributed by atoms with Crippen molar-refractivity contribution in [2.75, 3.05) is 11.6 Å². The summed E-state index contributed by atoms with van der Waals surface area (Å²) >= 11 is 0. The van der Waals surface area contributed by atoms with Crippen molar-refractivity contribution in [3.63, 3.8) is 0 Å². The Balaban J connectivity index is 1.86. The van der Waals surface area contributed by atoms with Crippen LogP contribution in [0.3, 0.4) is 0 Å². The van der Waals surface area contributed by atoms with Crippen LogP contribution in [0, 0.1) is 0 Å². The third kappa shape index (κ3) is 2.09. The largest absolute Gasteiger partial charge is 0.463 e. The number of furan rings is 1. The molecule has 0 saturated carbocycles. The molecule has 0 bridgehead atoms. The summed E-state index contributed by atoms with van der Waals surface area (Å²) in [7, 11) is 0. The molecule has 2 aromatic rings. The van der Waals surface area contributed by atoms with Crippen LogP contribution < -0.4 is 5.01 Å². The Kier molecular flexibility index (Phi) is 2.66. The minimum absolute atomic E-state index is 0.785. The molecule has 1 aromatic heterocycles. The zero-order valence-corrected chi connectivity index (χ0v) is 9.54. The van der Waals surface area contributed by atoms with Crippen molar-refractivity contribution in [3.8, 4) is 0 Å². The number of benzene rings is 1. The van der Waals surface area contributed by atoms with Crippen LogP contribution in [-0.2, 0) is 6.42 Å². The van der Waals surface area contributed by atoms with Crippen LogP contribution >= 0.6 is 0 Å². The second-order valence-electron chi connectivity index (χ2n) is 4.12. The van der Waals surface area contributed by atoms with E-state index < -0.39 is 0 Å². The van der Waals surface area contributed by atoms with E-state index in [4.69, 9.17) is 4.42 Å². The average Bonchev–Trinajstić information content (AvgIpc) is 2.89. The highest BCUT2D eigenvalue weighted by Crippen LogP contribution is 2.26. The number of hydrazone groups is 1. The number of para-hydroxylation sites is 1. The van der Waals surface area contributed by atoms with Crippen LogP contribution in [0.4, 0.5) is 5.69 Å². The van der Waals surface area contributed by atoms with Gasteiger partial charge in [-0.3, -0.25) is 5.01 Å². The van der Waals surface area contributed by atoms with E-state index >= 15 is 0 Å². The Labute approximate surface area is 100 Å². The van der Waals surface area contributed by atoms with Gasteiger partial charge in [0.05, 0.1) is 18.2 Å². The summed E-state index contributed by atoms with van der Waals surface area (Å²) in [6.45, 7) is 0.966. The van der Waals surface area contributed by atoms with Crippen LogP contribution in [0.25, 0.3) is 0 Å². The van der Waals surface area contributed by atoms with Crippen molar-refractivity contribution in [1.82, 2.24) is 0 Å². The molecular formula is C14H14N2O.